The standard InChI is InChI=1S/C13H18O5/c1-9(13(14)17-4)8-18-12-6-10(15-2)5-11(7-12)16-3/h5-7,9H,8H2,1-4H3. The van der Waals surface area contributed by atoms with Crippen LogP contribution in [-0.2, 0) is 9.53 Å². The number of hydrogen-bond donors (Lipinski definition) is 0. The van der Waals surface area contributed by atoms with Gasteiger partial charge in [-0.1, -0.05) is 0 Å². The lowest BCUT2D eigenvalue weighted by atomic mass is 10.2. The van der Waals surface area contributed by atoms with E-state index in [-0.39, 0.29) is 18.5 Å². The van der Waals surface area contributed by atoms with Crippen LogP contribution in [0.3, 0.4) is 0 Å². The van der Waals surface area contributed by atoms with Gasteiger partial charge in [-0.2, -0.15) is 0 Å². The molecule has 1 atom stereocenters. The normalized spacial score (nSPS) is 11.6. The van der Waals surface area contributed by atoms with Crippen LogP contribution in [0.25, 0.3) is 0 Å². The molecule has 0 aliphatic carbocycles. The van der Waals surface area contributed by atoms with E-state index in [1.165, 1.54) is 7.11 Å². The van der Waals surface area contributed by atoms with Crippen molar-refractivity contribution in [2.75, 3.05) is 27.9 Å². The minimum atomic E-state index is -0.327. The molecule has 0 fully saturated rings. The summed E-state index contributed by atoms with van der Waals surface area (Å²) in [5.74, 6) is 1.23. The summed E-state index contributed by atoms with van der Waals surface area (Å²) in [4.78, 5) is 11.2. The van der Waals surface area contributed by atoms with E-state index in [0.29, 0.717) is 17.2 Å². The van der Waals surface area contributed by atoms with Crippen molar-refractivity contribution in [2.45, 2.75) is 6.92 Å². The van der Waals surface area contributed by atoms with Crippen LogP contribution in [0, 0.1) is 5.92 Å². The minimum Gasteiger partial charge on any atom is -0.496 e. The summed E-state index contributed by atoms with van der Waals surface area (Å²) < 4.78 is 20.4. The van der Waals surface area contributed by atoms with Crippen LogP contribution < -0.4 is 14.2 Å². The number of hydrogen-bond acceptors (Lipinski definition) is 5. The van der Waals surface area contributed by atoms with Crippen LogP contribution in [0.1, 0.15) is 6.92 Å². The molecule has 0 N–H and O–H groups in total. The highest BCUT2D eigenvalue weighted by Gasteiger charge is 2.14. The van der Waals surface area contributed by atoms with E-state index in [1.807, 2.05) is 0 Å². The van der Waals surface area contributed by atoms with Crippen molar-refractivity contribution in [3.8, 4) is 17.2 Å². The van der Waals surface area contributed by atoms with Gasteiger partial charge in [0.05, 0.1) is 27.2 Å². The highest BCUT2D eigenvalue weighted by Crippen LogP contribution is 2.27. The average molecular weight is 254 g/mol. The third kappa shape index (κ3) is 3.84. The number of ether oxygens (including phenoxy) is 4. The monoisotopic (exact) mass is 254 g/mol. The fourth-order valence-corrected chi connectivity index (χ4v) is 1.36. The van der Waals surface area contributed by atoms with E-state index in [2.05, 4.69) is 4.74 Å². The molecule has 0 aliphatic rings. The van der Waals surface area contributed by atoms with Gasteiger partial charge in [0, 0.05) is 18.2 Å². The fraction of sp³-hybridized carbons (Fsp3) is 0.462. The summed E-state index contributed by atoms with van der Waals surface area (Å²) in [5, 5.41) is 0. The van der Waals surface area contributed by atoms with Gasteiger partial charge >= 0.3 is 5.97 Å². The maximum Gasteiger partial charge on any atom is 0.311 e. The molecule has 0 radical (unpaired) electrons. The lowest BCUT2D eigenvalue weighted by Crippen LogP contribution is -2.20. The average Bonchev–Trinajstić information content (AvgIpc) is 2.43. The molecular formula is C13H18O5. The number of esters is 1. The molecule has 1 rings (SSSR count). The van der Waals surface area contributed by atoms with E-state index < -0.39 is 0 Å². The van der Waals surface area contributed by atoms with Crippen molar-refractivity contribution in [1.82, 2.24) is 0 Å². The Bertz CT molecular complexity index is 380. The zero-order valence-electron chi connectivity index (χ0n) is 11.1. The summed E-state index contributed by atoms with van der Waals surface area (Å²) in [6, 6.07) is 5.20. The van der Waals surface area contributed by atoms with Crippen LogP contribution in [0.2, 0.25) is 0 Å². The smallest absolute Gasteiger partial charge is 0.311 e. The van der Waals surface area contributed by atoms with E-state index in [0.717, 1.165) is 0 Å². The van der Waals surface area contributed by atoms with Gasteiger partial charge in [0.1, 0.15) is 23.9 Å². The Balaban J connectivity index is 2.69. The Morgan fingerprint density at radius 3 is 2.00 bits per heavy atom. The molecule has 18 heavy (non-hydrogen) atoms. The Morgan fingerprint density at radius 2 is 1.56 bits per heavy atom. The van der Waals surface area contributed by atoms with Gasteiger partial charge in [0.25, 0.3) is 0 Å². The molecule has 5 nitrogen and oxygen atoms in total. The lowest BCUT2D eigenvalue weighted by molar-refractivity contribution is -0.145. The van der Waals surface area contributed by atoms with Crippen molar-refractivity contribution in [2.24, 2.45) is 5.92 Å². The van der Waals surface area contributed by atoms with Crippen molar-refractivity contribution >= 4 is 5.97 Å². The first-order valence-corrected chi connectivity index (χ1v) is 5.54. The van der Waals surface area contributed by atoms with Gasteiger partial charge in [-0.25, -0.2) is 0 Å². The zero-order chi connectivity index (χ0) is 13.5. The van der Waals surface area contributed by atoms with Gasteiger partial charge in [-0.3, -0.25) is 4.79 Å². The second-order valence-corrected chi connectivity index (χ2v) is 3.78. The number of methoxy groups -OCH3 is 3. The predicted molar refractivity (Wildman–Crippen MR) is 66.2 cm³/mol. The molecule has 1 unspecified atom stereocenters. The van der Waals surface area contributed by atoms with Crippen molar-refractivity contribution in [3.63, 3.8) is 0 Å². The molecule has 0 amide bonds. The molecule has 0 spiro atoms. The highest BCUT2D eigenvalue weighted by molar-refractivity contribution is 5.71. The minimum absolute atomic E-state index is 0.239. The van der Waals surface area contributed by atoms with Gasteiger partial charge in [-0.15, -0.1) is 0 Å². The number of rotatable bonds is 6. The second kappa shape index (κ2) is 6.74. The molecule has 100 valence electrons. The van der Waals surface area contributed by atoms with Crippen LogP contribution in [-0.4, -0.2) is 33.9 Å². The van der Waals surface area contributed by atoms with E-state index in [4.69, 9.17) is 14.2 Å². The predicted octanol–water partition coefficient (Wildman–Crippen LogP) is 1.89. The van der Waals surface area contributed by atoms with Gasteiger partial charge in [-0.05, 0) is 6.92 Å². The molecule has 0 saturated heterocycles. The second-order valence-electron chi connectivity index (χ2n) is 3.78. The summed E-state index contributed by atoms with van der Waals surface area (Å²) in [6.07, 6.45) is 0. The summed E-state index contributed by atoms with van der Waals surface area (Å²) >= 11 is 0. The SMILES string of the molecule is COC(=O)C(C)COc1cc(OC)cc(OC)c1. The van der Waals surface area contributed by atoms with Crippen molar-refractivity contribution in [1.29, 1.82) is 0 Å². The zero-order valence-corrected chi connectivity index (χ0v) is 11.1. The molecule has 1 aromatic carbocycles. The maximum absolute atomic E-state index is 11.2. The summed E-state index contributed by atoms with van der Waals surface area (Å²) in [7, 11) is 4.48. The first kappa shape index (κ1) is 14.2. The van der Waals surface area contributed by atoms with E-state index in [9.17, 15) is 4.79 Å². The Kier molecular flexibility index (Phi) is 5.30. The first-order valence-electron chi connectivity index (χ1n) is 5.54. The van der Waals surface area contributed by atoms with E-state index in [1.54, 1.807) is 39.3 Å². The van der Waals surface area contributed by atoms with Crippen LogP contribution in [0.5, 0.6) is 17.2 Å². The van der Waals surface area contributed by atoms with Crippen molar-refractivity contribution < 1.29 is 23.7 Å². The maximum atomic E-state index is 11.2. The summed E-state index contributed by atoms with van der Waals surface area (Å²) in [5.41, 5.74) is 0. The largest absolute Gasteiger partial charge is 0.496 e. The lowest BCUT2D eigenvalue weighted by Gasteiger charge is -2.13. The van der Waals surface area contributed by atoms with Gasteiger partial charge in [0.15, 0.2) is 0 Å². The molecular weight excluding hydrogens is 236 g/mol. The third-order valence-corrected chi connectivity index (χ3v) is 2.43. The van der Waals surface area contributed by atoms with Crippen LogP contribution >= 0.6 is 0 Å². The topological polar surface area (TPSA) is 54.0 Å². The molecule has 0 heterocycles. The van der Waals surface area contributed by atoms with Crippen LogP contribution in [0.15, 0.2) is 18.2 Å². The Labute approximate surface area is 107 Å². The Hall–Kier alpha value is -1.91. The molecule has 5 heteroatoms. The Morgan fingerprint density at radius 1 is 1.06 bits per heavy atom. The molecule has 0 aliphatic heterocycles. The number of carbonyl (C=O) groups excluding carboxylic acids is 1. The first-order chi connectivity index (χ1) is 8.60. The third-order valence-electron chi connectivity index (χ3n) is 2.43. The van der Waals surface area contributed by atoms with Gasteiger partial charge in [0.2, 0.25) is 0 Å². The number of carbonyl (C=O) groups is 1. The van der Waals surface area contributed by atoms with Crippen LogP contribution in [0.4, 0.5) is 0 Å². The fourth-order valence-electron chi connectivity index (χ4n) is 1.36. The quantitative estimate of drug-likeness (QED) is 0.726. The molecule has 0 saturated carbocycles. The molecule has 1 aromatic rings. The molecule has 0 bridgehead atoms. The highest BCUT2D eigenvalue weighted by atomic mass is 16.5. The van der Waals surface area contributed by atoms with Gasteiger partial charge < -0.3 is 18.9 Å². The van der Waals surface area contributed by atoms with Crippen molar-refractivity contribution in [3.05, 3.63) is 18.2 Å². The summed E-state index contributed by atoms with van der Waals surface area (Å²) in [6.45, 7) is 1.98. The molecule has 0 aromatic heterocycles. The number of benzene rings is 1. The van der Waals surface area contributed by atoms with E-state index >= 15 is 0 Å².